The standard InChI is InChI=1S/C21H21N3O3/c1-24-13-5-8-18(24)14-22-23-21(25)16-27-20-11-9-19(10-12-20)26-15-17-6-3-2-4-7-17/h2-14H,15-16H2,1H3,(H,23,25)/b22-14+. The maximum absolute atomic E-state index is 11.8. The molecule has 0 aliphatic carbocycles. The third-order valence-electron chi connectivity index (χ3n) is 3.81. The van der Waals surface area contributed by atoms with Gasteiger partial charge in [-0.2, -0.15) is 5.10 Å². The summed E-state index contributed by atoms with van der Waals surface area (Å²) in [4.78, 5) is 11.8. The average molecular weight is 363 g/mol. The molecule has 0 spiro atoms. The number of hydrazone groups is 1. The number of carbonyl (C=O) groups excluding carboxylic acids is 1. The van der Waals surface area contributed by atoms with Crippen LogP contribution in [-0.2, 0) is 18.4 Å². The van der Waals surface area contributed by atoms with Crippen molar-refractivity contribution in [1.29, 1.82) is 0 Å². The maximum atomic E-state index is 11.8. The van der Waals surface area contributed by atoms with Crippen LogP contribution < -0.4 is 14.9 Å². The van der Waals surface area contributed by atoms with E-state index in [1.165, 1.54) is 0 Å². The Morgan fingerprint density at radius 1 is 1.00 bits per heavy atom. The van der Waals surface area contributed by atoms with Gasteiger partial charge in [-0.3, -0.25) is 4.79 Å². The molecule has 0 aliphatic heterocycles. The highest BCUT2D eigenvalue weighted by Crippen LogP contribution is 2.18. The molecule has 0 radical (unpaired) electrons. The average Bonchev–Trinajstić information content (AvgIpc) is 3.11. The van der Waals surface area contributed by atoms with Gasteiger partial charge in [-0.25, -0.2) is 5.43 Å². The van der Waals surface area contributed by atoms with Crippen LogP contribution in [0.5, 0.6) is 11.5 Å². The molecule has 6 heteroatoms. The van der Waals surface area contributed by atoms with Gasteiger partial charge in [0.2, 0.25) is 0 Å². The van der Waals surface area contributed by atoms with Crippen LogP contribution in [0.4, 0.5) is 0 Å². The Hall–Kier alpha value is -3.54. The van der Waals surface area contributed by atoms with Crippen LogP contribution in [0.3, 0.4) is 0 Å². The second kappa shape index (κ2) is 9.24. The number of ether oxygens (including phenoxy) is 2. The summed E-state index contributed by atoms with van der Waals surface area (Å²) >= 11 is 0. The number of amides is 1. The SMILES string of the molecule is Cn1cccc1/C=N/NC(=O)COc1ccc(OCc2ccccc2)cc1. The first-order chi connectivity index (χ1) is 13.2. The van der Waals surface area contributed by atoms with E-state index in [9.17, 15) is 4.79 Å². The van der Waals surface area contributed by atoms with E-state index in [0.717, 1.165) is 17.0 Å². The summed E-state index contributed by atoms with van der Waals surface area (Å²) in [6.07, 6.45) is 3.48. The molecule has 1 heterocycles. The van der Waals surface area contributed by atoms with Gasteiger partial charge in [0.1, 0.15) is 18.1 Å². The van der Waals surface area contributed by atoms with Crippen LogP contribution in [0.25, 0.3) is 0 Å². The number of aryl methyl sites for hydroxylation is 1. The first-order valence-electron chi connectivity index (χ1n) is 8.53. The van der Waals surface area contributed by atoms with Crippen molar-refractivity contribution < 1.29 is 14.3 Å². The Morgan fingerprint density at radius 2 is 1.70 bits per heavy atom. The Morgan fingerprint density at radius 3 is 2.37 bits per heavy atom. The Kier molecular flexibility index (Phi) is 6.25. The summed E-state index contributed by atoms with van der Waals surface area (Å²) in [7, 11) is 1.90. The number of rotatable bonds is 8. The largest absolute Gasteiger partial charge is 0.489 e. The molecule has 138 valence electrons. The van der Waals surface area contributed by atoms with Crippen LogP contribution >= 0.6 is 0 Å². The van der Waals surface area contributed by atoms with Crippen LogP contribution in [0, 0.1) is 0 Å². The van der Waals surface area contributed by atoms with Gasteiger partial charge < -0.3 is 14.0 Å². The minimum absolute atomic E-state index is 0.116. The van der Waals surface area contributed by atoms with Gasteiger partial charge in [0.15, 0.2) is 6.61 Å². The number of hydrogen-bond acceptors (Lipinski definition) is 4. The maximum Gasteiger partial charge on any atom is 0.277 e. The van der Waals surface area contributed by atoms with Crippen LogP contribution in [0.15, 0.2) is 78.0 Å². The molecular formula is C21H21N3O3. The van der Waals surface area contributed by atoms with E-state index in [-0.39, 0.29) is 12.5 Å². The van der Waals surface area contributed by atoms with E-state index in [2.05, 4.69) is 10.5 Å². The van der Waals surface area contributed by atoms with Gasteiger partial charge in [-0.1, -0.05) is 30.3 Å². The summed E-state index contributed by atoms with van der Waals surface area (Å²) < 4.78 is 13.1. The first kappa shape index (κ1) is 18.3. The minimum Gasteiger partial charge on any atom is -0.489 e. The molecule has 1 N–H and O–H groups in total. The van der Waals surface area contributed by atoms with Gasteiger partial charge in [0.25, 0.3) is 5.91 Å². The van der Waals surface area contributed by atoms with Crippen molar-refractivity contribution in [3.8, 4) is 11.5 Å². The van der Waals surface area contributed by atoms with Gasteiger partial charge in [0, 0.05) is 13.2 Å². The molecule has 0 aliphatic rings. The van der Waals surface area contributed by atoms with Crippen molar-refractivity contribution in [2.24, 2.45) is 12.1 Å². The fourth-order valence-corrected chi connectivity index (χ4v) is 2.33. The van der Waals surface area contributed by atoms with Gasteiger partial charge in [-0.05, 0) is 42.0 Å². The van der Waals surface area contributed by atoms with E-state index < -0.39 is 0 Å². The molecule has 1 aromatic heterocycles. The molecule has 0 bridgehead atoms. The molecule has 1 amide bonds. The third-order valence-corrected chi connectivity index (χ3v) is 3.81. The highest BCUT2D eigenvalue weighted by molar-refractivity contribution is 5.81. The number of carbonyl (C=O) groups is 1. The van der Waals surface area contributed by atoms with E-state index in [0.29, 0.717) is 12.4 Å². The summed E-state index contributed by atoms with van der Waals surface area (Å²) in [5.41, 5.74) is 4.43. The first-order valence-corrected chi connectivity index (χ1v) is 8.53. The lowest BCUT2D eigenvalue weighted by atomic mass is 10.2. The van der Waals surface area contributed by atoms with Crippen molar-refractivity contribution in [3.63, 3.8) is 0 Å². The van der Waals surface area contributed by atoms with Gasteiger partial charge >= 0.3 is 0 Å². The zero-order valence-electron chi connectivity index (χ0n) is 15.0. The molecule has 0 unspecified atom stereocenters. The van der Waals surface area contributed by atoms with Crippen LogP contribution in [-0.4, -0.2) is 23.3 Å². The molecule has 0 fully saturated rings. The summed E-state index contributed by atoms with van der Waals surface area (Å²) in [5, 5.41) is 3.91. The Bertz CT molecular complexity index is 887. The lowest BCUT2D eigenvalue weighted by molar-refractivity contribution is -0.123. The molecule has 6 nitrogen and oxygen atoms in total. The second-order valence-electron chi connectivity index (χ2n) is 5.87. The van der Waals surface area contributed by atoms with Crippen molar-refractivity contribution in [1.82, 2.24) is 9.99 Å². The Labute approximate surface area is 158 Å². The lowest BCUT2D eigenvalue weighted by Crippen LogP contribution is -2.24. The third kappa shape index (κ3) is 5.74. The molecule has 3 rings (SSSR count). The van der Waals surface area contributed by atoms with Crippen molar-refractivity contribution >= 4 is 12.1 Å². The smallest absolute Gasteiger partial charge is 0.277 e. The van der Waals surface area contributed by atoms with E-state index >= 15 is 0 Å². The van der Waals surface area contributed by atoms with Crippen LogP contribution in [0.1, 0.15) is 11.3 Å². The molecule has 2 aromatic carbocycles. The fourth-order valence-electron chi connectivity index (χ4n) is 2.33. The number of nitrogens with one attached hydrogen (secondary N) is 1. The fraction of sp³-hybridized carbons (Fsp3) is 0.143. The summed E-state index contributed by atoms with van der Waals surface area (Å²) in [5.74, 6) is 0.997. The van der Waals surface area contributed by atoms with E-state index in [1.54, 1.807) is 18.3 Å². The second-order valence-corrected chi connectivity index (χ2v) is 5.87. The van der Waals surface area contributed by atoms with Crippen molar-refractivity contribution in [2.75, 3.05) is 6.61 Å². The van der Waals surface area contributed by atoms with E-state index in [1.807, 2.05) is 72.4 Å². The zero-order chi connectivity index (χ0) is 18.9. The number of benzene rings is 2. The number of aromatic nitrogens is 1. The highest BCUT2D eigenvalue weighted by Gasteiger charge is 2.02. The highest BCUT2D eigenvalue weighted by atomic mass is 16.5. The molecule has 0 saturated heterocycles. The molecule has 27 heavy (non-hydrogen) atoms. The van der Waals surface area contributed by atoms with Gasteiger partial charge in [0.05, 0.1) is 11.9 Å². The van der Waals surface area contributed by atoms with Crippen molar-refractivity contribution in [2.45, 2.75) is 6.61 Å². The van der Waals surface area contributed by atoms with E-state index in [4.69, 9.17) is 9.47 Å². The quantitative estimate of drug-likeness (QED) is 0.494. The molecule has 3 aromatic rings. The number of hydrogen-bond donors (Lipinski definition) is 1. The van der Waals surface area contributed by atoms with Crippen LogP contribution in [0.2, 0.25) is 0 Å². The summed E-state index contributed by atoms with van der Waals surface area (Å²) in [6.45, 7) is 0.386. The molecule has 0 atom stereocenters. The zero-order valence-corrected chi connectivity index (χ0v) is 15.0. The lowest BCUT2D eigenvalue weighted by Gasteiger charge is -2.08. The van der Waals surface area contributed by atoms with Crippen molar-refractivity contribution in [3.05, 3.63) is 84.2 Å². The number of nitrogens with zero attached hydrogens (tertiary/aromatic N) is 2. The summed E-state index contributed by atoms with van der Waals surface area (Å²) in [6, 6.07) is 20.9. The topological polar surface area (TPSA) is 64.9 Å². The van der Waals surface area contributed by atoms with Gasteiger partial charge in [-0.15, -0.1) is 0 Å². The normalized spacial score (nSPS) is 10.7. The Balaban J connectivity index is 1.41. The predicted octanol–water partition coefficient (Wildman–Crippen LogP) is 3.13. The molecule has 0 saturated carbocycles. The minimum atomic E-state index is -0.329. The monoisotopic (exact) mass is 363 g/mol. The predicted molar refractivity (Wildman–Crippen MR) is 104 cm³/mol. The molecular weight excluding hydrogens is 342 g/mol.